The number of likely N-dealkylation sites (tertiary alicyclic amines) is 1. The summed E-state index contributed by atoms with van der Waals surface area (Å²) in [5, 5.41) is 3.00. The Balaban J connectivity index is 0.00000280. The van der Waals surface area contributed by atoms with E-state index in [2.05, 4.69) is 10.3 Å². The Kier molecular flexibility index (Phi) is 9.07. The third-order valence-electron chi connectivity index (χ3n) is 5.11. The van der Waals surface area contributed by atoms with Crippen LogP contribution in [0.4, 0.5) is 0 Å². The second kappa shape index (κ2) is 11.5. The Hall–Kier alpha value is -2.28. The summed E-state index contributed by atoms with van der Waals surface area (Å²) in [5.41, 5.74) is 1.06. The van der Waals surface area contributed by atoms with Gasteiger partial charge < -0.3 is 14.8 Å². The van der Waals surface area contributed by atoms with E-state index in [0.29, 0.717) is 19.5 Å². The van der Waals surface area contributed by atoms with Crippen LogP contribution in [-0.2, 0) is 22.7 Å². The number of amides is 2. The van der Waals surface area contributed by atoms with Gasteiger partial charge in [0.05, 0.1) is 6.33 Å². The zero-order valence-electron chi connectivity index (χ0n) is 16.2. The maximum atomic E-state index is 12.8. The van der Waals surface area contributed by atoms with E-state index in [1.807, 2.05) is 46.0 Å². The summed E-state index contributed by atoms with van der Waals surface area (Å²) in [5.74, 6) is -0.282. The van der Waals surface area contributed by atoms with Crippen molar-refractivity contribution in [3.63, 3.8) is 0 Å². The number of nitrogens with one attached hydrogen (secondary N) is 1. The Morgan fingerprint density at radius 1 is 1.11 bits per heavy atom. The molecule has 1 N–H and O–H groups in total. The maximum absolute atomic E-state index is 12.8. The lowest BCUT2D eigenvalue weighted by Crippen LogP contribution is -2.39. The second-order valence-electron chi connectivity index (χ2n) is 7.14. The topological polar surface area (TPSA) is 67.2 Å². The highest BCUT2D eigenvalue weighted by atomic mass is 32.1. The van der Waals surface area contributed by atoms with E-state index in [0.717, 1.165) is 31.5 Å². The maximum Gasteiger partial charge on any atom is 0.223 e. The summed E-state index contributed by atoms with van der Waals surface area (Å²) in [7, 11) is 0. The average molecular weight is 403 g/mol. The molecule has 1 atom stereocenters. The zero-order valence-corrected chi connectivity index (χ0v) is 17.2. The first-order valence-corrected chi connectivity index (χ1v) is 9.77. The van der Waals surface area contributed by atoms with Crippen molar-refractivity contribution in [2.75, 3.05) is 13.1 Å². The summed E-state index contributed by atoms with van der Waals surface area (Å²) >= 11 is 0. The minimum atomic E-state index is -0.328. The molecule has 28 heavy (non-hydrogen) atoms. The fraction of sp³-hybridized carbons (Fsp3) is 0.476. The number of nitrogens with zero attached hydrogens (tertiary/aromatic N) is 3. The molecule has 7 heteroatoms. The normalized spacial score (nSPS) is 14.8. The summed E-state index contributed by atoms with van der Waals surface area (Å²) in [6.45, 7) is 2.80. The number of aromatic nitrogens is 2. The van der Waals surface area contributed by atoms with Crippen LogP contribution < -0.4 is 5.32 Å². The van der Waals surface area contributed by atoms with Crippen molar-refractivity contribution in [2.24, 2.45) is 5.92 Å². The molecular weight excluding hydrogens is 372 g/mol. The smallest absolute Gasteiger partial charge is 0.223 e. The number of carbonyl (C=O) groups is 2. The minimum absolute atomic E-state index is 0. The molecule has 2 aromatic rings. The highest BCUT2D eigenvalue weighted by Crippen LogP contribution is 2.17. The van der Waals surface area contributed by atoms with Crippen LogP contribution >= 0.6 is 13.5 Å². The Morgan fingerprint density at radius 2 is 1.86 bits per heavy atom. The van der Waals surface area contributed by atoms with Crippen LogP contribution in [0.25, 0.3) is 0 Å². The van der Waals surface area contributed by atoms with Crippen molar-refractivity contribution in [1.82, 2.24) is 19.8 Å². The van der Waals surface area contributed by atoms with Crippen LogP contribution in [0, 0.1) is 5.92 Å². The van der Waals surface area contributed by atoms with Gasteiger partial charge in [-0.1, -0.05) is 30.3 Å². The lowest BCUT2D eigenvalue weighted by atomic mass is 9.98. The van der Waals surface area contributed by atoms with Gasteiger partial charge in [0.2, 0.25) is 11.8 Å². The largest absolute Gasteiger partial charge is 0.352 e. The molecule has 1 saturated heterocycles. The molecule has 152 valence electrons. The van der Waals surface area contributed by atoms with Crippen molar-refractivity contribution in [2.45, 2.75) is 45.2 Å². The minimum Gasteiger partial charge on any atom is -0.352 e. The molecule has 0 bridgehead atoms. The third-order valence-corrected chi connectivity index (χ3v) is 5.11. The van der Waals surface area contributed by atoms with Gasteiger partial charge in [0.15, 0.2) is 0 Å². The fourth-order valence-electron chi connectivity index (χ4n) is 3.46. The lowest BCUT2D eigenvalue weighted by Gasteiger charge is -2.28. The molecule has 1 aliphatic heterocycles. The van der Waals surface area contributed by atoms with Crippen molar-refractivity contribution >= 4 is 25.3 Å². The van der Waals surface area contributed by atoms with Gasteiger partial charge >= 0.3 is 0 Å². The van der Waals surface area contributed by atoms with Crippen molar-refractivity contribution in [3.05, 3.63) is 54.6 Å². The summed E-state index contributed by atoms with van der Waals surface area (Å²) in [6.07, 6.45) is 9.55. The molecule has 0 spiro atoms. The summed E-state index contributed by atoms with van der Waals surface area (Å²) < 4.78 is 1.95. The molecule has 2 heterocycles. The van der Waals surface area contributed by atoms with Gasteiger partial charge in [-0.2, -0.15) is 13.5 Å². The van der Waals surface area contributed by atoms with E-state index in [9.17, 15) is 9.59 Å². The van der Waals surface area contributed by atoms with E-state index >= 15 is 0 Å². The van der Waals surface area contributed by atoms with Crippen LogP contribution in [0.5, 0.6) is 0 Å². The van der Waals surface area contributed by atoms with Crippen molar-refractivity contribution in [3.8, 4) is 0 Å². The van der Waals surface area contributed by atoms with Crippen molar-refractivity contribution < 1.29 is 9.59 Å². The van der Waals surface area contributed by atoms with Crippen LogP contribution in [-0.4, -0.2) is 39.4 Å². The number of aryl methyl sites for hydroxylation is 1. The number of carbonyl (C=O) groups excluding carboxylic acids is 2. The monoisotopic (exact) mass is 402 g/mol. The Labute approximate surface area is 173 Å². The average Bonchev–Trinajstić information content (AvgIpc) is 3.24. The number of piperidine rings is 1. The highest BCUT2D eigenvalue weighted by molar-refractivity contribution is 7.59. The number of hydrogen-bond donors (Lipinski definition) is 1. The van der Waals surface area contributed by atoms with Gasteiger partial charge in [-0.05, 0) is 31.2 Å². The number of hydrogen-bond acceptors (Lipinski definition) is 3. The second-order valence-corrected chi connectivity index (χ2v) is 7.14. The van der Waals surface area contributed by atoms with Gasteiger partial charge in [-0.25, -0.2) is 4.98 Å². The number of rotatable bonds is 8. The molecule has 0 unspecified atom stereocenters. The van der Waals surface area contributed by atoms with E-state index < -0.39 is 0 Å². The van der Waals surface area contributed by atoms with Gasteiger partial charge in [0, 0.05) is 50.9 Å². The summed E-state index contributed by atoms with van der Waals surface area (Å²) in [6, 6.07) is 9.84. The molecule has 0 aliphatic carbocycles. The Bertz CT molecular complexity index is 715. The molecular formula is C21H30N4O2S. The molecule has 1 aromatic heterocycles. The van der Waals surface area contributed by atoms with E-state index in [-0.39, 0.29) is 37.6 Å². The number of imidazole rings is 1. The van der Waals surface area contributed by atoms with Gasteiger partial charge in [0.25, 0.3) is 0 Å². The lowest BCUT2D eigenvalue weighted by molar-refractivity contribution is -0.137. The fourth-order valence-corrected chi connectivity index (χ4v) is 3.46. The van der Waals surface area contributed by atoms with Gasteiger partial charge in [-0.15, -0.1) is 0 Å². The van der Waals surface area contributed by atoms with Crippen molar-refractivity contribution in [1.29, 1.82) is 0 Å². The number of benzene rings is 1. The van der Waals surface area contributed by atoms with Crippen LogP contribution in [0.1, 0.15) is 37.7 Å². The first-order chi connectivity index (χ1) is 13.2. The molecule has 6 nitrogen and oxygen atoms in total. The van der Waals surface area contributed by atoms with Crippen LogP contribution in [0.2, 0.25) is 0 Å². The molecule has 1 fully saturated rings. The molecule has 3 rings (SSSR count). The SMILES string of the molecule is O=C(NCc1ccccc1)[C@H](CCn1ccnc1)CC(=O)N1CCCCC1.S. The van der Waals surface area contributed by atoms with Crippen LogP contribution in [0.3, 0.4) is 0 Å². The molecule has 2 amide bonds. The van der Waals surface area contributed by atoms with Crippen LogP contribution in [0.15, 0.2) is 49.1 Å². The predicted octanol–water partition coefficient (Wildman–Crippen LogP) is 2.72. The molecule has 0 saturated carbocycles. The highest BCUT2D eigenvalue weighted by Gasteiger charge is 2.25. The quantitative estimate of drug-likeness (QED) is 0.738. The first kappa shape index (κ1) is 22.0. The Morgan fingerprint density at radius 3 is 2.54 bits per heavy atom. The zero-order chi connectivity index (χ0) is 18.9. The molecule has 1 aromatic carbocycles. The first-order valence-electron chi connectivity index (χ1n) is 9.77. The van der Waals surface area contributed by atoms with E-state index in [1.165, 1.54) is 6.42 Å². The molecule has 0 radical (unpaired) electrons. The standard InChI is InChI=1S/C21H28N4O2.H2S/c26-20(25-11-5-2-6-12-25)15-19(9-13-24-14-10-22-17-24)21(27)23-16-18-7-3-1-4-8-18;/h1,3-4,7-8,10,14,17,19H,2,5-6,9,11-13,15-16H2,(H,23,27);1H2/t19-;/m1./s1. The van der Waals surface area contributed by atoms with Gasteiger partial charge in [0.1, 0.15) is 0 Å². The van der Waals surface area contributed by atoms with E-state index in [1.54, 1.807) is 12.5 Å². The predicted molar refractivity (Wildman–Crippen MR) is 114 cm³/mol. The van der Waals surface area contributed by atoms with E-state index in [4.69, 9.17) is 0 Å². The molecule has 1 aliphatic rings. The van der Waals surface area contributed by atoms with Gasteiger partial charge in [-0.3, -0.25) is 9.59 Å². The third kappa shape index (κ3) is 6.71. The summed E-state index contributed by atoms with van der Waals surface area (Å²) in [4.78, 5) is 31.4.